The number of rotatable bonds is 6. The molecular formula is C14H24N2O2S. The van der Waals surface area contributed by atoms with Crippen molar-refractivity contribution in [3.05, 3.63) is 16.1 Å². The third-order valence-corrected chi connectivity index (χ3v) is 3.84. The molecule has 1 unspecified atom stereocenters. The molecule has 1 aliphatic rings. The van der Waals surface area contributed by atoms with E-state index in [1.807, 2.05) is 0 Å². The van der Waals surface area contributed by atoms with E-state index in [1.54, 1.807) is 11.3 Å². The topological polar surface area (TPSA) is 43.4 Å². The molecule has 108 valence electrons. The van der Waals surface area contributed by atoms with Gasteiger partial charge in [0.05, 0.1) is 25.0 Å². The standard InChI is InChI=1S/C14H24N2O2S/c1-14(2,3)15-7-13-16-11(10-19-13)8-17-9-12-5-4-6-18-12/h10,12,15H,4-9H2,1-3H3. The van der Waals surface area contributed by atoms with Crippen LogP contribution in [0, 0.1) is 0 Å². The first-order chi connectivity index (χ1) is 9.03. The summed E-state index contributed by atoms with van der Waals surface area (Å²) in [7, 11) is 0. The van der Waals surface area contributed by atoms with Gasteiger partial charge in [0.15, 0.2) is 0 Å². The summed E-state index contributed by atoms with van der Waals surface area (Å²) in [6, 6.07) is 0. The van der Waals surface area contributed by atoms with E-state index in [-0.39, 0.29) is 5.54 Å². The van der Waals surface area contributed by atoms with Gasteiger partial charge >= 0.3 is 0 Å². The molecule has 19 heavy (non-hydrogen) atoms. The molecule has 0 aliphatic carbocycles. The Morgan fingerprint density at radius 2 is 2.37 bits per heavy atom. The van der Waals surface area contributed by atoms with Crippen molar-refractivity contribution in [1.82, 2.24) is 10.3 Å². The van der Waals surface area contributed by atoms with Crippen molar-refractivity contribution >= 4 is 11.3 Å². The van der Waals surface area contributed by atoms with Crippen LogP contribution in [0.25, 0.3) is 0 Å². The first-order valence-corrected chi connectivity index (χ1v) is 7.78. The van der Waals surface area contributed by atoms with Gasteiger partial charge in [0, 0.05) is 24.1 Å². The number of nitrogens with zero attached hydrogens (tertiary/aromatic N) is 1. The molecular weight excluding hydrogens is 260 g/mol. The Hall–Kier alpha value is -0.490. The minimum Gasteiger partial charge on any atom is -0.376 e. The molecule has 0 saturated carbocycles. The van der Waals surface area contributed by atoms with E-state index in [0.29, 0.717) is 19.3 Å². The van der Waals surface area contributed by atoms with Crippen molar-refractivity contribution in [3.8, 4) is 0 Å². The molecule has 1 aliphatic heterocycles. The zero-order chi connectivity index (χ0) is 13.7. The Balaban J connectivity index is 1.68. The summed E-state index contributed by atoms with van der Waals surface area (Å²) in [6.45, 7) is 9.46. The zero-order valence-corrected chi connectivity index (χ0v) is 12.9. The average Bonchev–Trinajstić information content (AvgIpc) is 2.97. The van der Waals surface area contributed by atoms with Gasteiger partial charge in [0.1, 0.15) is 5.01 Å². The minimum atomic E-state index is 0.127. The normalized spacial score (nSPS) is 20.1. The smallest absolute Gasteiger partial charge is 0.107 e. The van der Waals surface area contributed by atoms with Crippen LogP contribution < -0.4 is 5.32 Å². The molecule has 1 atom stereocenters. The third-order valence-electron chi connectivity index (χ3n) is 2.95. The number of ether oxygens (including phenoxy) is 2. The molecule has 1 aromatic heterocycles. The van der Waals surface area contributed by atoms with Gasteiger partial charge in [-0.3, -0.25) is 0 Å². The fraction of sp³-hybridized carbons (Fsp3) is 0.786. The molecule has 1 N–H and O–H groups in total. The molecule has 0 aromatic carbocycles. The summed E-state index contributed by atoms with van der Waals surface area (Å²) in [5.74, 6) is 0. The highest BCUT2D eigenvalue weighted by Crippen LogP contribution is 2.15. The second kappa shape index (κ2) is 6.79. The maximum absolute atomic E-state index is 5.66. The van der Waals surface area contributed by atoms with Gasteiger partial charge in [-0.15, -0.1) is 11.3 Å². The summed E-state index contributed by atoms with van der Waals surface area (Å²) < 4.78 is 11.2. The largest absolute Gasteiger partial charge is 0.376 e. The van der Waals surface area contributed by atoms with Crippen molar-refractivity contribution < 1.29 is 9.47 Å². The highest BCUT2D eigenvalue weighted by molar-refractivity contribution is 7.09. The maximum atomic E-state index is 5.66. The Morgan fingerprint density at radius 1 is 1.53 bits per heavy atom. The summed E-state index contributed by atoms with van der Waals surface area (Å²) in [6.07, 6.45) is 2.58. The van der Waals surface area contributed by atoms with Crippen LogP contribution in [0.5, 0.6) is 0 Å². The molecule has 0 bridgehead atoms. The van der Waals surface area contributed by atoms with Crippen LogP contribution in [0.15, 0.2) is 5.38 Å². The van der Waals surface area contributed by atoms with E-state index in [9.17, 15) is 0 Å². The number of hydrogen-bond donors (Lipinski definition) is 1. The van der Waals surface area contributed by atoms with Gasteiger partial charge in [0.25, 0.3) is 0 Å². The van der Waals surface area contributed by atoms with Crippen molar-refractivity contribution in [1.29, 1.82) is 0 Å². The Kier molecular flexibility index (Phi) is 5.33. The van der Waals surface area contributed by atoms with Gasteiger partial charge in [-0.25, -0.2) is 4.98 Å². The molecule has 2 rings (SSSR count). The number of nitrogens with one attached hydrogen (secondary N) is 1. The third kappa shape index (κ3) is 5.57. The lowest BCUT2D eigenvalue weighted by Crippen LogP contribution is -2.35. The number of hydrogen-bond acceptors (Lipinski definition) is 5. The minimum absolute atomic E-state index is 0.127. The lowest BCUT2D eigenvalue weighted by atomic mass is 10.1. The molecule has 0 radical (unpaired) electrons. The molecule has 0 spiro atoms. The number of thiazole rings is 1. The van der Waals surface area contributed by atoms with E-state index < -0.39 is 0 Å². The molecule has 5 heteroatoms. The van der Waals surface area contributed by atoms with Crippen LogP contribution in [-0.2, 0) is 22.6 Å². The Bertz CT molecular complexity index is 381. The van der Waals surface area contributed by atoms with E-state index in [0.717, 1.165) is 36.7 Å². The van der Waals surface area contributed by atoms with Crippen LogP contribution in [-0.4, -0.2) is 29.8 Å². The predicted molar refractivity (Wildman–Crippen MR) is 77.3 cm³/mol. The predicted octanol–water partition coefficient (Wildman–Crippen LogP) is 2.73. The summed E-state index contributed by atoms with van der Waals surface area (Å²) >= 11 is 1.69. The molecule has 1 fully saturated rings. The van der Waals surface area contributed by atoms with E-state index in [2.05, 4.69) is 36.5 Å². The second-order valence-corrected chi connectivity index (χ2v) is 6.93. The quantitative estimate of drug-likeness (QED) is 0.872. The fourth-order valence-electron chi connectivity index (χ4n) is 1.91. The van der Waals surface area contributed by atoms with Gasteiger partial charge in [-0.2, -0.15) is 0 Å². The lowest BCUT2D eigenvalue weighted by Gasteiger charge is -2.19. The average molecular weight is 284 g/mol. The van der Waals surface area contributed by atoms with Crippen LogP contribution >= 0.6 is 11.3 Å². The molecule has 2 heterocycles. The van der Waals surface area contributed by atoms with E-state index >= 15 is 0 Å². The van der Waals surface area contributed by atoms with Crippen LogP contribution in [0.3, 0.4) is 0 Å². The monoisotopic (exact) mass is 284 g/mol. The molecule has 1 saturated heterocycles. The van der Waals surface area contributed by atoms with Crippen LogP contribution in [0.4, 0.5) is 0 Å². The van der Waals surface area contributed by atoms with E-state index in [4.69, 9.17) is 9.47 Å². The summed E-state index contributed by atoms with van der Waals surface area (Å²) in [5, 5.41) is 6.63. The highest BCUT2D eigenvalue weighted by Gasteiger charge is 2.15. The molecule has 1 aromatic rings. The van der Waals surface area contributed by atoms with Crippen LogP contribution in [0.1, 0.15) is 44.3 Å². The second-order valence-electron chi connectivity index (χ2n) is 5.99. The molecule has 0 amide bonds. The Labute approximate surface area is 119 Å². The summed E-state index contributed by atoms with van der Waals surface area (Å²) in [4.78, 5) is 4.57. The van der Waals surface area contributed by atoms with Crippen LogP contribution in [0.2, 0.25) is 0 Å². The highest BCUT2D eigenvalue weighted by atomic mass is 32.1. The van der Waals surface area contributed by atoms with E-state index in [1.165, 1.54) is 0 Å². The number of aromatic nitrogens is 1. The lowest BCUT2D eigenvalue weighted by molar-refractivity contribution is 0.00975. The first kappa shape index (κ1) is 14.9. The Morgan fingerprint density at radius 3 is 3.05 bits per heavy atom. The molecule has 4 nitrogen and oxygen atoms in total. The zero-order valence-electron chi connectivity index (χ0n) is 12.1. The van der Waals surface area contributed by atoms with Gasteiger partial charge in [0.2, 0.25) is 0 Å². The van der Waals surface area contributed by atoms with Gasteiger partial charge in [-0.1, -0.05) is 0 Å². The van der Waals surface area contributed by atoms with Crippen molar-refractivity contribution in [2.24, 2.45) is 0 Å². The first-order valence-electron chi connectivity index (χ1n) is 6.90. The van der Waals surface area contributed by atoms with Crippen molar-refractivity contribution in [2.75, 3.05) is 13.2 Å². The SMILES string of the molecule is CC(C)(C)NCc1nc(COCC2CCCO2)cs1. The fourth-order valence-corrected chi connectivity index (χ4v) is 2.63. The van der Waals surface area contributed by atoms with Crippen molar-refractivity contribution in [2.45, 2.75) is 58.4 Å². The maximum Gasteiger partial charge on any atom is 0.107 e. The van der Waals surface area contributed by atoms with Gasteiger partial charge < -0.3 is 14.8 Å². The van der Waals surface area contributed by atoms with Gasteiger partial charge in [-0.05, 0) is 33.6 Å². The summed E-state index contributed by atoms with van der Waals surface area (Å²) in [5.41, 5.74) is 1.15. The van der Waals surface area contributed by atoms with Crippen molar-refractivity contribution in [3.63, 3.8) is 0 Å².